The van der Waals surface area contributed by atoms with Gasteiger partial charge >= 0.3 is 12.1 Å². The molecule has 1 saturated heterocycles. The Morgan fingerprint density at radius 1 is 1.04 bits per heavy atom. The van der Waals surface area contributed by atoms with Gasteiger partial charge in [0.25, 0.3) is 5.91 Å². The fourth-order valence-corrected chi connectivity index (χ4v) is 3.76. The predicted molar refractivity (Wildman–Crippen MR) is 107 cm³/mol. The number of methoxy groups -OCH3 is 1. The molecule has 1 fully saturated rings. The van der Waals surface area contributed by atoms with Gasteiger partial charge in [-0.15, -0.1) is 11.8 Å². The highest BCUT2D eigenvalue weighted by atomic mass is 32.2. The van der Waals surface area contributed by atoms with Crippen LogP contribution < -0.4 is 0 Å². The number of thioether (sulfide) groups is 1. The minimum atomic E-state index is -0.411. The van der Waals surface area contributed by atoms with Crippen molar-refractivity contribution in [1.29, 1.82) is 0 Å². The molecule has 28 heavy (non-hydrogen) atoms. The van der Waals surface area contributed by atoms with Crippen molar-refractivity contribution >= 4 is 29.7 Å². The number of carbonyl (C=O) groups excluding carboxylic acids is 3. The van der Waals surface area contributed by atoms with Crippen LogP contribution in [0.3, 0.4) is 0 Å². The van der Waals surface area contributed by atoms with Crippen molar-refractivity contribution in [3.05, 3.63) is 29.8 Å². The lowest BCUT2D eigenvalue weighted by Crippen LogP contribution is -2.51. The topological polar surface area (TPSA) is 76.2 Å². The number of nitrogens with zero attached hydrogens (tertiary/aromatic N) is 2. The molecule has 0 aromatic heterocycles. The first-order chi connectivity index (χ1) is 13.3. The fourth-order valence-electron chi connectivity index (χ4n) is 2.74. The van der Waals surface area contributed by atoms with Crippen molar-refractivity contribution in [2.75, 3.05) is 39.9 Å². The second kappa shape index (κ2) is 10.4. The zero-order chi connectivity index (χ0) is 20.7. The summed E-state index contributed by atoms with van der Waals surface area (Å²) in [6, 6.07) is 7.24. The highest BCUT2D eigenvalue weighted by Gasteiger charge is 2.27. The summed E-state index contributed by atoms with van der Waals surface area (Å²) in [6.07, 6.45) is -0.330. The molecule has 2 rings (SSSR count). The summed E-state index contributed by atoms with van der Waals surface area (Å²) in [6.45, 7) is 7.89. The molecule has 7 nitrogen and oxygen atoms in total. The molecule has 0 radical (unpaired) electrons. The molecule has 0 spiro atoms. The van der Waals surface area contributed by atoms with E-state index in [1.54, 1.807) is 28.9 Å². The van der Waals surface area contributed by atoms with Crippen molar-refractivity contribution in [3.63, 3.8) is 0 Å². The Hall–Kier alpha value is -2.22. The number of carbonyl (C=O) groups is 3. The zero-order valence-electron chi connectivity index (χ0n) is 16.8. The highest BCUT2D eigenvalue weighted by molar-refractivity contribution is 8.00. The molecule has 154 valence electrons. The molecule has 0 bridgehead atoms. The van der Waals surface area contributed by atoms with Crippen LogP contribution in [0.5, 0.6) is 0 Å². The van der Waals surface area contributed by atoms with Crippen LogP contribution in [-0.2, 0) is 14.3 Å². The molecule has 8 heteroatoms. The van der Waals surface area contributed by atoms with Crippen LogP contribution in [0, 0.1) is 5.92 Å². The number of hydrogen-bond acceptors (Lipinski definition) is 6. The average molecular weight is 409 g/mol. The van der Waals surface area contributed by atoms with Crippen LogP contribution in [0.1, 0.15) is 31.1 Å². The maximum atomic E-state index is 13.0. The monoisotopic (exact) mass is 408 g/mol. The van der Waals surface area contributed by atoms with Crippen LogP contribution >= 0.6 is 11.8 Å². The summed E-state index contributed by atoms with van der Waals surface area (Å²) >= 11 is 1.30. The van der Waals surface area contributed by atoms with Gasteiger partial charge in [-0.1, -0.05) is 26.0 Å². The minimum Gasteiger partial charge on any atom is -0.468 e. The lowest BCUT2D eigenvalue weighted by Gasteiger charge is -2.34. The lowest BCUT2D eigenvalue weighted by molar-refractivity contribution is -0.139. The Morgan fingerprint density at radius 2 is 1.64 bits per heavy atom. The second-order valence-electron chi connectivity index (χ2n) is 7.03. The van der Waals surface area contributed by atoms with E-state index in [4.69, 9.17) is 9.47 Å². The minimum absolute atomic E-state index is 0.102. The largest absolute Gasteiger partial charge is 0.468 e. The molecular weight excluding hydrogens is 380 g/mol. The number of hydrogen-bond donors (Lipinski definition) is 0. The van der Waals surface area contributed by atoms with E-state index in [1.165, 1.54) is 18.9 Å². The molecule has 2 amide bonds. The van der Waals surface area contributed by atoms with Gasteiger partial charge in [-0.25, -0.2) is 4.79 Å². The predicted octanol–water partition coefficient (Wildman–Crippen LogP) is 2.89. The van der Waals surface area contributed by atoms with Gasteiger partial charge in [0.2, 0.25) is 0 Å². The van der Waals surface area contributed by atoms with Crippen LogP contribution in [0.25, 0.3) is 0 Å². The van der Waals surface area contributed by atoms with Crippen molar-refractivity contribution in [3.8, 4) is 0 Å². The fraction of sp³-hybridized carbons (Fsp3) is 0.550. The van der Waals surface area contributed by atoms with E-state index in [0.29, 0.717) is 38.3 Å². The summed E-state index contributed by atoms with van der Waals surface area (Å²) in [5, 5.41) is -0.411. The highest BCUT2D eigenvalue weighted by Crippen LogP contribution is 2.28. The number of amides is 2. The van der Waals surface area contributed by atoms with Crippen molar-refractivity contribution in [2.45, 2.75) is 30.9 Å². The SMILES string of the molecule is COC(=O)C(C)Sc1ccccc1C(=O)N1CCN(C(=O)OCC(C)C)CC1. The van der Waals surface area contributed by atoms with Gasteiger partial charge in [0, 0.05) is 31.1 Å². The quantitative estimate of drug-likeness (QED) is 0.532. The Balaban J connectivity index is 1.98. The van der Waals surface area contributed by atoms with E-state index in [1.807, 2.05) is 26.0 Å². The zero-order valence-corrected chi connectivity index (χ0v) is 17.7. The van der Waals surface area contributed by atoms with Crippen molar-refractivity contribution < 1.29 is 23.9 Å². The Kier molecular flexibility index (Phi) is 8.17. The van der Waals surface area contributed by atoms with E-state index < -0.39 is 5.25 Å². The maximum absolute atomic E-state index is 13.0. The third-order valence-corrected chi connectivity index (χ3v) is 5.48. The van der Waals surface area contributed by atoms with Crippen LogP contribution in [-0.4, -0.2) is 72.9 Å². The average Bonchev–Trinajstić information content (AvgIpc) is 2.71. The summed E-state index contributed by atoms with van der Waals surface area (Å²) in [5.41, 5.74) is 0.555. The first-order valence-electron chi connectivity index (χ1n) is 9.38. The first kappa shape index (κ1) is 22.1. The molecule has 1 unspecified atom stereocenters. The van der Waals surface area contributed by atoms with Gasteiger partial charge in [0.15, 0.2) is 0 Å². The number of benzene rings is 1. The number of piperazine rings is 1. The second-order valence-corrected chi connectivity index (χ2v) is 8.41. The van der Waals surface area contributed by atoms with Crippen molar-refractivity contribution in [1.82, 2.24) is 9.80 Å². The van der Waals surface area contributed by atoms with Gasteiger partial charge in [-0.2, -0.15) is 0 Å². The van der Waals surface area contributed by atoms with Crippen LogP contribution in [0.2, 0.25) is 0 Å². The molecule has 0 aliphatic carbocycles. The number of esters is 1. The smallest absolute Gasteiger partial charge is 0.409 e. The lowest BCUT2D eigenvalue weighted by atomic mass is 10.2. The number of rotatable bonds is 6. The van der Waals surface area contributed by atoms with Gasteiger partial charge in [0.05, 0.1) is 19.3 Å². The Bertz CT molecular complexity index is 702. The molecule has 1 aromatic carbocycles. The van der Waals surface area contributed by atoms with E-state index >= 15 is 0 Å². The molecule has 1 aliphatic heterocycles. The molecule has 1 atom stereocenters. The van der Waals surface area contributed by atoms with E-state index in [2.05, 4.69) is 0 Å². The van der Waals surface area contributed by atoms with Gasteiger partial charge in [0.1, 0.15) is 5.25 Å². The number of ether oxygens (including phenoxy) is 2. The van der Waals surface area contributed by atoms with Crippen LogP contribution in [0.15, 0.2) is 29.2 Å². The summed E-state index contributed by atoms with van der Waals surface area (Å²) in [5.74, 6) is -0.149. The molecule has 1 heterocycles. The van der Waals surface area contributed by atoms with E-state index in [0.717, 1.165) is 4.90 Å². The Labute approximate surface area is 170 Å². The standard InChI is InChI=1S/C20H28N2O5S/c1-14(2)13-27-20(25)22-11-9-21(10-12-22)18(23)16-7-5-6-8-17(16)28-15(3)19(24)26-4/h5-8,14-15H,9-13H2,1-4H3. The normalized spacial score (nSPS) is 15.3. The van der Waals surface area contributed by atoms with E-state index in [9.17, 15) is 14.4 Å². The summed E-state index contributed by atoms with van der Waals surface area (Å²) in [7, 11) is 1.35. The summed E-state index contributed by atoms with van der Waals surface area (Å²) in [4.78, 5) is 40.9. The molecule has 1 aromatic rings. The van der Waals surface area contributed by atoms with Crippen LogP contribution in [0.4, 0.5) is 4.79 Å². The van der Waals surface area contributed by atoms with E-state index in [-0.39, 0.29) is 23.9 Å². The Morgan fingerprint density at radius 3 is 2.25 bits per heavy atom. The third kappa shape index (κ3) is 5.89. The first-order valence-corrected chi connectivity index (χ1v) is 10.3. The molecule has 0 N–H and O–H groups in total. The van der Waals surface area contributed by atoms with Crippen molar-refractivity contribution in [2.24, 2.45) is 5.92 Å². The molecule has 1 aliphatic rings. The third-order valence-electron chi connectivity index (χ3n) is 4.32. The maximum Gasteiger partial charge on any atom is 0.409 e. The molecular formula is C20H28N2O5S. The van der Waals surface area contributed by atoms with Gasteiger partial charge < -0.3 is 19.3 Å². The molecule has 0 saturated carbocycles. The van der Waals surface area contributed by atoms with Gasteiger partial charge in [-0.05, 0) is 25.0 Å². The summed E-state index contributed by atoms with van der Waals surface area (Å²) < 4.78 is 10.0. The van der Waals surface area contributed by atoms with Gasteiger partial charge in [-0.3, -0.25) is 9.59 Å².